The second kappa shape index (κ2) is 8.91. The van der Waals surface area contributed by atoms with Gasteiger partial charge < -0.3 is 14.2 Å². The Labute approximate surface area is 180 Å². The van der Waals surface area contributed by atoms with Crippen molar-refractivity contribution in [2.75, 3.05) is 19.7 Å². The lowest BCUT2D eigenvalue weighted by molar-refractivity contribution is -0.151. The van der Waals surface area contributed by atoms with Crippen LogP contribution in [0.2, 0.25) is 0 Å². The number of amides is 1. The van der Waals surface area contributed by atoms with Gasteiger partial charge in [-0.15, -0.1) is 0 Å². The molecule has 3 aromatic rings. The molecular weight excluding hydrogens is 396 g/mol. The number of aromatic nitrogens is 3. The van der Waals surface area contributed by atoms with Crippen LogP contribution in [0.5, 0.6) is 0 Å². The number of nitrogens with zero attached hydrogens (tertiary/aromatic N) is 4. The standard InChI is InChI=1S/C23H28N4O4/c1-3-31-23(30)16-8-6-12-26(15-16)20(28)11-7-13-27-19-10-5-4-9-17(19)18-14-24-25(2)22(29)21(18)27/h4-5,9-10,14,16H,3,6-8,11-13,15H2,1-2H3. The summed E-state index contributed by atoms with van der Waals surface area (Å²) >= 11 is 0. The molecule has 0 spiro atoms. The Hall–Kier alpha value is -3.16. The molecule has 31 heavy (non-hydrogen) atoms. The number of piperidine rings is 1. The van der Waals surface area contributed by atoms with Crippen molar-refractivity contribution in [1.82, 2.24) is 19.2 Å². The molecule has 8 nitrogen and oxygen atoms in total. The summed E-state index contributed by atoms with van der Waals surface area (Å²) in [7, 11) is 1.64. The summed E-state index contributed by atoms with van der Waals surface area (Å²) in [6.45, 7) is 3.82. The number of esters is 1. The molecule has 4 rings (SSSR count). The molecule has 1 fully saturated rings. The number of aryl methyl sites for hydroxylation is 2. The summed E-state index contributed by atoms with van der Waals surface area (Å²) in [6, 6.07) is 7.88. The van der Waals surface area contributed by atoms with Crippen LogP contribution in [0.4, 0.5) is 0 Å². The van der Waals surface area contributed by atoms with E-state index < -0.39 is 0 Å². The SMILES string of the molecule is CCOC(=O)C1CCCN(C(=O)CCCn2c3ccccc3c3cnn(C)c(=O)c32)C1. The minimum absolute atomic E-state index is 0.0457. The van der Waals surface area contributed by atoms with Crippen molar-refractivity contribution in [3.05, 3.63) is 40.8 Å². The number of rotatable bonds is 6. The molecule has 0 aliphatic carbocycles. The van der Waals surface area contributed by atoms with Gasteiger partial charge in [0.1, 0.15) is 5.52 Å². The largest absolute Gasteiger partial charge is 0.466 e. The Kier molecular flexibility index (Phi) is 6.06. The fraction of sp³-hybridized carbons (Fsp3) is 0.478. The predicted octanol–water partition coefficient (Wildman–Crippen LogP) is 2.47. The highest BCUT2D eigenvalue weighted by Gasteiger charge is 2.29. The van der Waals surface area contributed by atoms with Gasteiger partial charge in [-0.25, -0.2) is 4.68 Å². The van der Waals surface area contributed by atoms with Gasteiger partial charge in [-0.3, -0.25) is 14.4 Å². The van der Waals surface area contributed by atoms with Crippen LogP contribution < -0.4 is 5.56 Å². The highest BCUT2D eigenvalue weighted by Crippen LogP contribution is 2.27. The van der Waals surface area contributed by atoms with E-state index in [1.54, 1.807) is 25.1 Å². The fourth-order valence-electron chi connectivity index (χ4n) is 4.48. The van der Waals surface area contributed by atoms with E-state index in [-0.39, 0.29) is 23.4 Å². The first-order valence-electron chi connectivity index (χ1n) is 10.9. The van der Waals surface area contributed by atoms with Crippen LogP contribution in [-0.4, -0.2) is 50.8 Å². The van der Waals surface area contributed by atoms with Crippen molar-refractivity contribution in [2.45, 2.75) is 39.2 Å². The molecule has 3 heterocycles. The van der Waals surface area contributed by atoms with Crippen LogP contribution in [-0.2, 0) is 27.9 Å². The van der Waals surface area contributed by atoms with Crippen molar-refractivity contribution in [1.29, 1.82) is 0 Å². The number of benzene rings is 1. The number of para-hydroxylation sites is 1. The van der Waals surface area contributed by atoms with E-state index in [0.29, 0.717) is 44.6 Å². The van der Waals surface area contributed by atoms with Crippen molar-refractivity contribution < 1.29 is 14.3 Å². The molecule has 0 radical (unpaired) electrons. The highest BCUT2D eigenvalue weighted by molar-refractivity contribution is 6.07. The highest BCUT2D eigenvalue weighted by atomic mass is 16.5. The number of carbonyl (C=O) groups is 2. The Bertz CT molecular complexity index is 1180. The van der Waals surface area contributed by atoms with Crippen molar-refractivity contribution >= 4 is 33.7 Å². The maximum atomic E-state index is 12.8. The Morgan fingerprint density at radius 3 is 2.84 bits per heavy atom. The van der Waals surface area contributed by atoms with Crippen molar-refractivity contribution in [3.8, 4) is 0 Å². The summed E-state index contributed by atoms with van der Waals surface area (Å²) in [5, 5.41) is 5.99. The molecule has 0 bridgehead atoms. The number of hydrogen-bond donors (Lipinski definition) is 0. The minimum atomic E-state index is -0.231. The molecule has 1 aromatic carbocycles. The third kappa shape index (κ3) is 4.06. The zero-order valence-electron chi connectivity index (χ0n) is 18.0. The predicted molar refractivity (Wildman–Crippen MR) is 118 cm³/mol. The van der Waals surface area contributed by atoms with E-state index >= 15 is 0 Å². The first kappa shape index (κ1) is 21.1. The van der Waals surface area contributed by atoms with Gasteiger partial charge >= 0.3 is 5.97 Å². The lowest BCUT2D eigenvalue weighted by atomic mass is 9.98. The molecule has 1 amide bonds. The van der Waals surface area contributed by atoms with Crippen LogP contribution in [0.25, 0.3) is 21.8 Å². The number of likely N-dealkylation sites (tertiary alicyclic amines) is 1. The van der Waals surface area contributed by atoms with E-state index in [9.17, 15) is 14.4 Å². The summed E-state index contributed by atoms with van der Waals surface area (Å²) in [6.07, 6.45) is 4.28. The van der Waals surface area contributed by atoms with E-state index in [4.69, 9.17) is 4.74 Å². The molecule has 1 aliphatic heterocycles. The minimum Gasteiger partial charge on any atom is -0.466 e. The molecule has 0 saturated carbocycles. The molecular formula is C23H28N4O4. The van der Waals surface area contributed by atoms with Crippen LogP contribution in [0, 0.1) is 5.92 Å². The maximum Gasteiger partial charge on any atom is 0.310 e. The average molecular weight is 425 g/mol. The van der Waals surface area contributed by atoms with Crippen LogP contribution in [0.1, 0.15) is 32.6 Å². The molecule has 0 N–H and O–H groups in total. The molecule has 2 aromatic heterocycles. The summed E-state index contributed by atoms with van der Waals surface area (Å²) in [5.74, 6) is -0.399. The Morgan fingerprint density at radius 1 is 1.23 bits per heavy atom. The first-order chi connectivity index (χ1) is 15.0. The Morgan fingerprint density at radius 2 is 2.03 bits per heavy atom. The zero-order chi connectivity index (χ0) is 22.0. The number of carbonyl (C=O) groups excluding carboxylic acids is 2. The number of ether oxygens (including phenoxy) is 1. The average Bonchev–Trinajstić information content (AvgIpc) is 3.11. The third-order valence-corrected chi connectivity index (χ3v) is 6.03. The summed E-state index contributed by atoms with van der Waals surface area (Å²) in [4.78, 5) is 39.4. The van der Waals surface area contributed by atoms with Crippen LogP contribution in [0.15, 0.2) is 35.3 Å². The second-order valence-corrected chi connectivity index (χ2v) is 8.04. The van der Waals surface area contributed by atoms with Gasteiger partial charge in [0.25, 0.3) is 5.56 Å². The molecule has 1 atom stereocenters. The lowest BCUT2D eigenvalue weighted by Gasteiger charge is -2.31. The molecule has 1 aliphatic rings. The Balaban J connectivity index is 1.48. The fourth-order valence-corrected chi connectivity index (χ4v) is 4.48. The van der Waals surface area contributed by atoms with Crippen molar-refractivity contribution in [3.63, 3.8) is 0 Å². The van der Waals surface area contributed by atoms with Gasteiger partial charge in [0, 0.05) is 49.4 Å². The van der Waals surface area contributed by atoms with Crippen molar-refractivity contribution in [2.24, 2.45) is 13.0 Å². The lowest BCUT2D eigenvalue weighted by Crippen LogP contribution is -2.42. The molecule has 1 unspecified atom stereocenters. The topological polar surface area (TPSA) is 86.4 Å². The van der Waals surface area contributed by atoms with E-state index in [1.807, 2.05) is 28.8 Å². The number of fused-ring (bicyclic) bond motifs is 3. The first-order valence-corrected chi connectivity index (χ1v) is 10.9. The van der Waals surface area contributed by atoms with Gasteiger partial charge in [0.05, 0.1) is 18.7 Å². The van der Waals surface area contributed by atoms with Gasteiger partial charge in [0.15, 0.2) is 0 Å². The third-order valence-electron chi connectivity index (χ3n) is 6.03. The van der Waals surface area contributed by atoms with Gasteiger partial charge in [-0.2, -0.15) is 5.10 Å². The molecule has 164 valence electrons. The van der Waals surface area contributed by atoms with E-state index in [0.717, 1.165) is 29.1 Å². The van der Waals surface area contributed by atoms with E-state index in [2.05, 4.69) is 5.10 Å². The smallest absolute Gasteiger partial charge is 0.310 e. The second-order valence-electron chi connectivity index (χ2n) is 8.04. The van der Waals surface area contributed by atoms with Gasteiger partial charge in [0.2, 0.25) is 5.91 Å². The normalized spacial score (nSPS) is 16.7. The zero-order valence-corrected chi connectivity index (χ0v) is 18.0. The maximum absolute atomic E-state index is 12.8. The van der Waals surface area contributed by atoms with Crippen LogP contribution >= 0.6 is 0 Å². The monoisotopic (exact) mass is 424 g/mol. The summed E-state index contributed by atoms with van der Waals surface area (Å²) < 4.78 is 8.46. The van der Waals surface area contributed by atoms with Gasteiger partial charge in [-0.1, -0.05) is 18.2 Å². The van der Waals surface area contributed by atoms with Gasteiger partial charge in [-0.05, 0) is 32.3 Å². The quantitative estimate of drug-likeness (QED) is 0.568. The number of hydrogen-bond acceptors (Lipinski definition) is 5. The van der Waals surface area contributed by atoms with E-state index in [1.165, 1.54) is 4.68 Å². The molecule has 8 heteroatoms. The molecule has 1 saturated heterocycles. The van der Waals surface area contributed by atoms with Crippen LogP contribution in [0.3, 0.4) is 0 Å². The summed E-state index contributed by atoms with van der Waals surface area (Å²) in [5.41, 5.74) is 1.44.